The quantitative estimate of drug-likeness (QED) is 0.708. The van der Waals surface area contributed by atoms with E-state index in [-0.39, 0.29) is 0 Å². The van der Waals surface area contributed by atoms with Gasteiger partial charge in [-0.25, -0.2) is 0 Å². The highest BCUT2D eigenvalue weighted by Gasteiger charge is 2.18. The van der Waals surface area contributed by atoms with Crippen molar-refractivity contribution in [2.75, 3.05) is 13.1 Å². The van der Waals surface area contributed by atoms with Gasteiger partial charge < -0.3 is 9.73 Å². The van der Waals surface area contributed by atoms with Crippen LogP contribution in [-0.2, 0) is 0 Å². The summed E-state index contributed by atoms with van der Waals surface area (Å²) < 4.78 is 5.43. The number of rotatable bonds is 1. The molecule has 2 heterocycles. The molecule has 1 unspecified atom stereocenters. The van der Waals surface area contributed by atoms with Crippen LogP contribution in [0.4, 0.5) is 0 Å². The molecule has 4 nitrogen and oxygen atoms in total. The van der Waals surface area contributed by atoms with Crippen molar-refractivity contribution in [3.8, 4) is 0 Å². The predicted molar refractivity (Wildman–Crippen MR) is 48.5 cm³/mol. The molecule has 1 fully saturated rings. The monoisotopic (exact) mass is 181 g/mol. The van der Waals surface area contributed by atoms with Crippen LogP contribution in [0.5, 0.6) is 0 Å². The third kappa shape index (κ3) is 2.06. The number of nitrogens with one attached hydrogen (secondary N) is 1. The molecule has 1 aromatic rings. The van der Waals surface area contributed by atoms with E-state index in [1.165, 1.54) is 6.42 Å². The fourth-order valence-corrected chi connectivity index (χ4v) is 1.74. The van der Waals surface area contributed by atoms with E-state index in [9.17, 15) is 0 Å². The molecule has 13 heavy (non-hydrogen) atoms. The van der Waals surface area contributed by atoms with Crippen LogP contribution in [0.2, 0.25) is 0 Å². The Balaban J connectivity index is 2.06. The summed E-state index contributed by atoms with van der Waals surface area (Å²) in [4.78, 5) is 0. The van der Waals surface area contributed by atoms with Gasteiger partial charge in [-0.2, -0.15) is 0 Å². The third-order valence-electron chi connectivity index (χ3n) is 2.47. The number of aryl methyl sites for hydroxylation is 1. The summed E-state index contributed by atoms with van der Waals surface area (Å²) >= 11 is 0. The zero-order valence-electron chi connectivity index (χ0n) is 7.92. The van der Waals surface area contributed by atoms with Gasteiger partial charge in [0, 0.05) is 12.8 Å². The highest BCUT2D eigenvalue weighted by Crippen LogP contribution is 2.24. The Kier molecular flexibility index (Phi) is 2.59. The Morgan fingerprint density at radius 1 is 1.31 bits per heavy atom. The van der Waals surface area contributed by atoms with Crippen molar-refractivity contribution in [1.29, 1.82) is 0 Å². The molecule has 0 amide bonds. The first-order chi connectivity index (χ1) is 6.36. The predicted octanol–water partition coefficient (Wildman–Crippen LogP) is 1.24. The minimum absolute atomic E-state index is 0.469. The van der Waals surface area contributed by atoms with Gasteiger partial charge in [0.15, 0.2) is 0 Å². The van der Waals surface area contributed by atoms with E-state index >= 15 is 0 Å². The first-order valence-electron chi connectivity index (χ1n) is 4.87. The van der Waals surface area contributed by atoms with E-state index in [0.29, 0.717) is 11.8 Å². The van der Waals surface area contributed by atoms with E-state index in [0.717, 1.165) is 31.8 Å². The second-order valence-electron chi connectivity index (χ2n) is 3.54. The molecule has 0 aromatic carbocycles. The topological polar surface area (TPSA) is 51.0 Å². The summed E-state index contributed by atoms with van der Waals surface area (Å²) in [5, 5.41) is 11.3. The standard InChI is InChI=1S/C9H15N3O/c1-7-11-12-9(13-7)8-3-2-5-10-6-4-8/h8,10H,2-6H2,1H3. The average Bonchev–Trinajstić information content (AvgIpc) is 2.43. The lowest BCUT2D eigenvalue weighted by Crippen LogP contribution is -2.13. The summed E-state index contributed by atoms with van der Waals surface area (Å²) in [5.74, 6) is 1.96. The van der Waals surface area contributed by atoms with Crippen LogP contribution in [-0.4, -0.2) is 23.3 Å². The van der Waals surface area contributed by atoms with Gasteiger partial charge in [0.1, 0.15) is 0 Å². The molecule has 1 aromatic heterocycles. The number of hydrogen-bond acceptors (Lipinski definition) is 4. The largest absolute Gasteiger partial charge is 0.425 e. The summed E-state index contributed by atoms with van der Waals surface area (Å²) in [6, 6.07) is 0. The van der Waals surface area contributed by atoms with Crippen molar-refractivity contribution in [3.05, 3.63) is 11.8 Å². The molecular formula is C9H15N3O. The number of hydrogen-bond donors (Lipinski definition) is 1. The summed E-state index contributed by atoms with van der Waals surface area (Å²) in [6.07, 6.45) is 3.47. The van der Waals surface area contributed by atoms with Crippen LogP contribution >= 0.6 is 0 Å². The highest BCUT2D eigenvalue weighted by atomic mass is 16.4. The lowest BCUT2D eigenvalue weighted by atomic mass is 10.0. The van der Waals surface area contributed by atoms with Crippen LogP contribution in [0, 0.1) is 6.92 Å². The van der Waals surface area contributed by atoms with Crippen LogP contribution < -0.4 is 5.32 Å². The van der Waals surface area contributed by atoms with E-state index < -0.39 is 0 Å². The Morgan fingerprint density at radius 2 is 2.23 bits per heavy atom. The minimum Gasteiger partial charge on any atom is -0.425 e. The van der Waals surface area contributed by atoms with Gasteiger partial charge >= 0.3 is 0 Å². The highest BCUT2D eigenvalue weighted by molar-refractivity contribution is 4.92. The van der Waals surface area contributed by atoms with Crippen molar-refractivity contribution in [1.82, 2.24) is 15.5 Å². The van der Waals surface area contributed by atoms with Gasteiger partial charge in [0.05, 0.1) is 0 Å². The Hall–Kier alpha value is -0.900. The van der Waals surface area contributed by atoms with Crippen molar-refractivity contribution in [2.24, 2.45) is 0 Å². The normalized spacial score (nSPS) is 24.2. The molecule has 0 radical (unpaired) electrons. The first kappa shape index (κ1) is 8.69. The molecule has 0 spiro atoms. The van der Waals surface area contributed by atoms with Crippen molar-refractivity contribution >= 4 is 0 Å². The van der Waals surface area contributed by atoms with Gasteiger partial charge in [-0.3, -0.25) is 0 Å². The first-order valence-corrected chi connectivity index (χ1v) is 4.87. The molecule has 4 heteroatoms. The van der Waals surface area contributed by atoms with E-state index in [1.807, 2.05) is 6.92 Å². The van der Waals surface area contributed by atoms with E-state index in [1.54, 1.807) is 0 Å². The molecular weight excluding hydrogens is 166 g/mol. The maximum Gasteiger partial charge on any atom is 0.219 e. The molecule has 0 bridgehead atoms. The van der Waals surface area contributed by atoms with Crippen LogP contribution in [0.1, 0.15) is 37.0 Å². The van der Waals surface area contributed by atoms with Crippen molar-refractivity contribution in [3.63, 3.8) is 0 Å². The molecule has 0 aliphatic carbocycles. The minimum atomic E-state index is 0.469. The average molecular weight is 181 g/mol. The lowest BCUT2D eigenvalue weighted by molar-refractivity contribution is 0.409. The number of nitrogens with zero attached hydrogens (tertiary/aromatic N) is 2. The molecule has 2 rings (SSSR count). The second kappa shape index (κ2) is 3.87. The lowest BCUT2D eigenvalue weighted by Gasteiger charge is -2.06. The van der Waals surface area contributed by atoms with E-state index in [2.05, 4.69) is 15.5 Å². The molecule has 1 aliphatic rings. The molecule has 72 valence electrons. The zero-order valence-corrected chi connectivity index (χ0v) is 7.92. The summed E-state index contributed by atoms with van der Waals surface area (Å²) in [5.41, 5.74) is 0. The maximum absolute atomic E-state index is 5.43. The Labute approximate surface area is 77.7 Å². The summed E-state index contributed by atoms with van der Waals surface area (Å²) in [6.45, 7) is 4.02. The maximum atomic E-state index is 5.43. The van der Waals surface area contributed by atoms with Gasteiger partial charge in [0.2, 0.25) is 11.8 Å². The van der Waals surface area contributed by atoms with Gasteiger partial charge in [-0.05, 0) is 32.4 Å². The fraction of sp³-hybridized carbons (Fsp3) is 0.778. The molecule has 0 saturated carbocycles. The third-order valence-corrected chi connectivity index (χ3v) is 2.47. The van der Waals surface area contributed by atoms with Crippen LogP contribution in [0.3, 0.4) is 0 Å². The molecule has 1 N–H and O–H groups in total. The second-order valence-corrected chi connectivity index (χ2v) is 3.54. The SMILES string of the molecule is Cc1nnc(C2CCCNCC2)o1. The zero-order chi connectivity index (χ0) is 9.10. The molecule has 1 aliphatic heterocycles. The van der Waals surface area contributed by atoms with Gasteiger partial charge in [-0.1, -0.05) is 0 Å². The summed E-state index contributed by atoms with van der Waals surface area (Å²) in [7, 11) is 0. The Morgan fingerprint density at radius 3 is 3.00 bits per heavy atom. The smallest absolute Gasteiger partial charge is 0.219 e. The van der Waals surface area contributed by atoms with Crippen molar-refractivity contribution < 1.29 is 4.42 Å². The molecule has 1 atom stereocenters. The van der Waals surface area contributed by atoms with Crippen LogP contribution in [0.15, 0.2) is 4.42 Å². The van der Waals surface area contributed by atoms with E-state index in [4.69, 9.17) is 4.42 Å². The van der Waals surface area contributed by atoms with Gasteiger partial charge in [0.25, 0.3) is 0 Å². The molecule has 1 saturated heterocycles. The number of aromatic nitrogens is 2. The van der Waals surface area contributed by atoms with Crippen LogP contribution in [0.25, 0.3) is 0 Å². The van der Waals surface area contributed by atoms with Crippen molar-refractivity contribution in [2.45, 2.75) is 32.1 Å². The fourth-order valence-electron chi connectivity index (χ4n) is 1.74. The van der Waals surface area contributed by atoms with Gasteiger partial charge in [-0.15, -0.1) is 10.2 Å². The Bertz CT molecular complexity index is 264.